The van der Waals surface area contributed by atoms with Gasteiger partial charge in [0.2, 0.25) is 0 Å². The van der Waals surface area contributed by atoms with Crippen molar-refractivity contribution in [3.05, 3.63) is 79.4 Å². The van der Waals surface area contributed by atoms with Gasteiger partial charge in [-0.05, 0) is 74.2 Å². The number of benzene rings is 2. The number of carbonyl (C=O) groups is 1. The summed E-state index contributed by atoms with van der Waals surface area (Å²) in [7, 11) is -4.06. The van der Waals surface area contributed by atoms with Gasteiger partial charge in [-0.15, -0.1) is 11.3 Å². The minimum atomic E-state index is -4.06. The van der Waals surface area contributed by atoms with Crippen LogP contribution in [0.2, 0.25) is 0 Å². The molecule has 1 heterocycles. The van der Waals surface area contributed by atoms with Crippen molar-refractivity contribution < 1.29 is 13.2 Å². The maximum Gasteiger partial charge on any atom is 0.282 e. The molecule has 0 saturated carbocycles. The van der Waals surface area contributed by atoms with Gasteiger partial charge in [-0.3, -0.25) is 4.79 Å². The smallest absolute Gasteiger partial charge is 0.267 e. The monoisotopic (exact) mass is 527 g/mol. The first-order valence-electron chi connectivity index (χ1n) is 8.03. The maximum absolute atomic E-state index is 13.3. The van der Waals surface area contributed by atoms with E-state index in [1.54, 1.807) is 36.4 Å². The Labute approximate surface area is 179 Å². The van der Waals surface area contributed by atoms with Gasteiger partial charge in [0.1, 0.15) is 0 Å². The zero-order valence-electron chi connectivity index (χ0n) is 14.2. The number of thiophene rings is 1. The van der Waals surface area contributed by atoms with E-state index in [9.17, 15) is 13.2 Å². The molecule has 1 aromatic heterocycles. The van der Waals surface area contributed by atoms with Gasteiger partial charge in [0.25, 0.3) is 15.9 Å². The Hall–Kier alpha value is -1.48. The van der Waals surface area contributed by atoms with Crippen molar-refractivity contribution in [1.29, 1.82) is 0 Å². The SMILES string of the molecule is CCc1ccc(N(C(=O)c2cc(Br)c(Br)s2)S(=O)(=O)c2ccccc2)cc1. The van der Waals surface area contributed by atoms with Crippen molar-refractivity contribution in [3.8, 4) is 0 Å². The lowest BCUT2D eigenvalue weighted by Crippen LogP contribution is -2.36. The molecule has 0 bridgehead atoms. The third kappa shape index (κ3) is 4.18. The minimum Gasteiger partial charge on any atom is -0.267 e. The van der Waals surface area contributed by atoms with Crippen LogP contribution >= 0.6 is 43.2 Å². The number of carbonyl (C=O) groups excluding carboxylic acids is 1. The van der Waals surface area contributed by atoms with Gasteiger partial charge < -0.3 is 0 Å². The summed E-state index contributed by atoms with van der Waals surface area (Å²) in [6.45, 7) is 2.01. The highest BCUT2D eigenvalue weighted by atomic mass is 79.9. The Kier molecular flexibility index (Phi) is 6.20. The van der Waals surface area contributed by atoms with Crippen LogP contribution in [0.3, 0.4) is 0 Å². The molecule has 0 aliphatic carbocycles. The lowest BCUT2D eigenvalue weighted by Gasteiger charge is -2.22. The summed E-state index contributed by atoms with van der Waals surface area (Å²) in [6.07, 6.45) is 0.824. The Balaban J connectivity index is 2.15. The number of anilines is 1. The van der Waals surface area contributed by atoms with Crippen LogP contribution in [0.25, 0.3) is 0 Å². The normalized spacial score (nSPS) is 11.4. The fourth-order valence-corrected chi connectivity index (χ4v) is 5.93. The summed E-state index contributed by atoms with van der Waals surface area (Å²) < 4.78 is 28.9. The van der Waals surface area contributed by atoms with Crippen molar-refractivity contribution in [2.75, 3.05) is 4.31 Å². The van der Waals surface area contributed by atoms with Crippen molar-refractivity contribution in [3.63, 3.8) is 0 Å². The third-order valence-electron chi connectivity index (χ3n) is 3.90. The number of rotatable bonds is 5. The summed E-state index contributed by atoms with van der Waals surface area (Å²) in [5.41, 5.74) is 1.37. The Morgan fingerprint density at radius 2 is 1.67 bits per heavy atom. The van der Waals surface area contributed by atoms with Gasteiger partial charge >= 0.3 is 0 Å². The number of hydrogen-bond donors (Lipinski definition) is 0. The van der Waals surface area contributed by atoms with E-state index in [0.717, 1.165) is 20.1 Å². The van der Waals surface area contributed by atoms with Gasteiger partial charge in [-0.25, -0.2) is 8.42 Å². The number of nitrogens with zero attached hydrogens (tertiary/aromatic N) is 1. The first kappa shape index (κ1) is 20.3. The first-order valence-corrected chi connectivity index (χ1v) is 11.9. The Bertz CT molecular complexity index is 1040. The topological polar surface area (TPSA) is 54.5 Å². The zero-order chi connectivity index (χ0) is 19.6. The van der Waals surface area contributed by atoms with E-state index >= 15 is 0 Å². The Morgan fingerprint density at radius 3 is 2.19 bits per heavy atom. The van der Waals surface area contributed by atoms with Crippen LogP contribution in [0.5, 0.6) is 0 Å². The van der Waals surface area contributed by atoms with Crippen molar-refractivity contribution in [2.45, 2.75) is 18.2 Å². The molecule has 2 aromatic carbocycles. The maximum atomic E-state index is 13.3. The van der Waals surface area contributed by atoms with Crippen LogP contribution in [-0.4, -0.2) is 14.3 Å². The molecule has 0 atom stereocenters. The number of amides is 1. The predicted molar refractivity (Wildman–Crippen MR) is 116 cm³/mol. The Morgan fingerprint density at radius 1 is 1.04 bits per heavy atom. The van der Waals surface area contributed by atoms with Crippen LogP contribution in [0.4, 0.5) is 5.69 Å². The summed E-state index contributed by atoms with van der Waals surface area (Å²) in [5, 5.41) is 0. The van der Waals surface area contributed by atoms with Crippen molar-refractivity contribution >= 4 is 64.8 Å². The highest BCUT2D eigenvalue weighted by molar-refractivity contribution is 9.13. The molecule has 0 N–H and O–H groups in total. The first-order chi connectivity index (χ1) is 12.8. The quantitative estimate of drug-likeness (QED) is 0.416. The van der Waals surface area contributed by atoms with Crippen LogP contribution in [0.15, 0.2) is 73.8 Å². The molecule has 0 spiro atoms. The molecule has 3 rings (SSSR count). The number of hydrogen-bond acceptors (Lipinski definition) is 4. The summed E-state index contributed by atoms with van der Waals surface area (Å²) >= 11 is 7.88. The average Bonchev–Trinajstić information content (AvgIpc) is 3.02. The summed E-state index contributed by atoms with van der Waals surface area (Å²) in [4.78, 5) is 13.6. The standard InChI is InChI=1S/C19H15Br2NO3S2/c1-2-13-8-10-14(11-9-13)22(19(23)17-12-16(20)18(21)26-17)27(24,25)15-6-4-3-5-7-15/h3-12H,2H2,1H3. The molecule has 27 heavy (non-hydrogen) atoms. The molecule has 3 aromatic rings. The lowest BCUT2D eigenvalue weighted by atomic mass is 10.1. The molecule has 0 aliphatic heterocycles. The van der Waals surface area contributed by atoms with Crippen LogP contribution in [0.1, 0.15) is 22.2 Å². The lowest BCUT2D eigenvalue weighted by molar-refractivity contribution is 0.101. The van der Waals surface area contributed by atoms with Crippen molar-refractivity contribution in [2.24, 2.45) is 0 Å². The van der Waals surface area contributed by atoms with Gasteiger partial charge in [0.15, 0.2) is 0 Å². The van der Waals surface area contributed by atoms with E-state index in [-0.39, 0.29) is 4.90 Å². The van der Waals surface area contributed by atoms with Gasteiger partial charge in [-0.1, -0.05) is 37.3 Å². The second kappa shape index (κ2) is 8.26. The highest BCUT2D eigenvalue weighted by Crippen LogP contribution is 2.35. The molecule has 4 nitrogen and oxygen atoms in total. The molecule has 1 amide bonds. The largest absolute Gasteiger partial charge is 0.282 e. The number of sulfonamides is 1. The fraction of sp³-hybridized carbons (Fsp3) is 0.105. The fourth-order valence-electron chi connectivity index (χ4n) is 2.48. The van der Waals surface area contributed by atoms with E-state index < -0.39 is 15.9 Å². The van der Waals surface area contributed by atoms with Crippen LogP contribution in [0, 0.1) is 0 Å². The molecule has 0 radical (unpaired) electrons. The number of halogens is 2. The van der Waals surface area contributed by atoms with Gasteiger partial charge in [0.05, 0.1) is 19.2 Å². The molecule has 8 heteroatoms. The molecule has 0 unspecified atom stereocenters. The van der Waals surface area contributed by atoms with Crippen LogP contribution in [-0.2, 0) is 16.4 Å². The second-order valence-electron chi connectivity index (χ2n) is 5.64. The van der Waals surface area contributed by atoms with Gasteiger partial charge in [-0.2, -0.15) is 4.31 Å². The molecular formula is C19H15Br2NO3S2. The van der Waals surface area contributed by atoms with Crippen molar-refractivity contribution in [1.82, 2.24) is 0 Å². The molecule has 0 aliphatic rings. The van der Waals surface area contributed by atoms with E-state index in [1.807, 2.05) is 19.1 Å². The van der Waals surface area contributed by atoms with E-state index in [1.165, 1.54) is 23.5 Å². The van der Waals surface area contributed by atoms with Gasteiger partial charge in [0, 0.05) is 4.47 Å². The predicted octanol–water partition coefficient (Wildman–Crippen LogP) is 5.87. The van der Waals surface area contributed by atoms with E-state index in [2.05, 4.69) is 31.9 Å². The zero-order valence-corrected chi connectivity index (χ0v) is 19.0. The molecular weight excluding hydrogens is 514 g/mol. The third-order valence-corrected chi connectivity index (χ3v) is 8.87. The highest BCUT2D eigenvalue weighted by Gasteiger charge is 2.33. The van der Waals surface area contributed by atoms with E-state index in [4.69, 9.17) is 0 Å². The van der Waals surface area contributed by atoms with E-state index in [0.29, 0.717) is 15.0 Å². The van der Waals surface area contributed by atoms with Crippen LogP contribution < -0.4 is 4.31 Å². The summed E-state index contributed by atoms with van der Waals surface area (Å²) in [5.74, 6) is -0.598. The minimum absolute atomic E-state index is 0.0626. The molecule has 0 saturated heterocycles. The number of aryl methyl sites for hydroxylation is 1. The molecule has 140 valence electrons. The summed E-state index contributed by atoms with van der Waals surface area (Å²) in [6, 6.07) is 16.6. The second-order valence-corrected chi connectivity index (χ2v) is 10.7. The average molecular weight is 529 g/mol. The molecule has 0 fully saturated rings.